The molecule has 0 spiro atoms. The number of anilines is 1. The van der Waals surface area contributed by atoms with Gasteiger partial charge in [-0.3, -0.25) is 4.68 Å². The van der Waals surface area contributed by atoms with E-state index in [0.29, 0.717) is 6.10 Å². The lowest BCUT2D eigenvalue weighted by atomic mass is 10.2. The Kier molecular flexibility index (Phi) is 3.56. The highest BCUT2D eigenvalue weighted by molar-refractivity contribution is 5.87. The molecule has 0 aromatic carbocycles. The van der Waals surface area contributed by atoms with Crippen LogP contribution in [-0.2, 0) is 11.3 Å². The number of nitrogens with zero attached hydrogens (tertiary/aromatic N) is 4. The second kappa shape index (κ2) is 5.36. The van der Waals surface area contributed by atoms with E-state index in [9.17, 15) is 0 Å². The van der Waals surface area contributed by atoms with E-state index in [1.165, 1.54) is 0 Å². The summed E-state index contributed by atoms with van der Waals surface area (Å²) in [5.41, 5.74) is 2.88. The highest BCUT2D eigenvalue weighted by atomic mass is 16.5. The fraction of sp³-hybridized carbons (Fsp3) is 0.643. The van der Waals surface area contributed by atoms with Crippen molar-refractivity contribution in [2.45, 2.75) is 46.3 Å². The summed E-state index contributed by atoms with van der Waals surface area (Å²) in [6.07, 6.45) is 2.56. The van der Waals surface area contributed by atoms with Gasteiger partial charge in [0.1, 0.15) is 16.9 Å². The van der Waals surface area contributed by atoms with E-state index in [-0.39, 0.29) is 0 Å². The van der Waals surface area contributed by atoms with E-state index in [1.807, 2.05) is 18.5 Å². The molecule has 1 atom stereocenters. The van der Waals surface area contributed by atoms with E-state index in [4.69, 9.17) is 4.74 Å². The largest absolute Gasteiger partial charge is 0.376 e. The number of hydrogen-bond acceptors (Lipinski definition) is 5. The summed E-state index contributed by atoms with van der Waals surface area (Å²) in [7, 11) is 0. The highest BCUT2D eigenvalue weighted by Gasteiger charge is 2.18. The van der Waals surface area contributed by atoms with Crippen LogP contribution in [0.5, 0.6) is 0 Å². The molecule has 1 N–H and O–H groups in total. The standard InChI is InChI=1S/C14H21N5O/c1-4-19-13-12(9(2)18-19)16-10(3)17-14(13)15-8-11-6-5-7-20-11/h11H,4-8H2,1-3H3,(H,15,16,17)/t11-/m0/s1. The molecule has 0 unspecified atom stereocenters. The maximum Gasteiger partial charge on any atom is 0.156 e. The molecule has 6 nitrogen and oxygen atoms in total. The van der Waals surface area contributed by atoms with E-state index in [1.54, 1.807) is 0 Å². The van der Waals surface area contributed by atoms with Gasteiger partial charge in [0.25, 0.3) is 0 Å². The predicted molar refractivity (Wildman–Crippen MR) is 77.9 cm³/mol. The molecule has 2 aromatic heterocycles. The molecule has 3 rings (SSSR count). The van der Waals surface area contributed by atoms with Gasteiger partial charge in [-0.15, -0.1) is 0 Å². The summed E-state index contributed by atoms with van der Waals surface area (Å²) in [4.78, 5) is 9.06. The Morgan fingerprint density at radius 2 is 2.20 bits per heavy atom. The molecule has 1 saturated heterocycles. The van der Waals surface area contributed by atoms with Gasteiger partial charge in [-0.2, -0.15) is 5.10 Å². The minimum atomic E-state index is 0.291. The fourth-order valence-corrected chi connectivity index (χ4v) is 2.71. The van der Waals surface area contributed by atoms with Gasteiger partial charge < -0.3 is 10.1 Å². The summed E-state index contributed by atoms with van der Waals surface area (Å²) >= 11 is 0. The van der Waals surface area contributed by atoms with Crippen molar-refractivity contribution in [1.82, 2.24) is 19.7 Å². The maximum absolute atomic E-state index is 5.65. The number of aromatic nitrogens is 4. The van der Waals surface area contributed by atoms with Gasteiger partial charge in [0, 0.05) is 19.7 Å². The molecule has 0 saturated carbocycles. The van der Waals surface area contributed by atoms with E-state index < -0.39 is 0 Å². The van der Waals surface area contributed by atoms with E-state index >= 15 is 0 Å². The Balaban J connectivity index is 1.95. The van der Waals surface area contributed by atoms with Gasteiger partial charge in [0.05, 0.1) is 11.8 Å². The van der Waals surface area contributed by atoms with Crippen LogP contribution in [0.25, 0.3) is 11.0 Å². The maximum atomic E-state index is 5.65. The molecule has 20 heavy (non-hydrogen) atoms. The van der Waals surface area contributed by atoms with Gasteiger partial charge >= 0.3 is 0 Å². The zero-order valence-corrected chi connectivity index (χ0v) is 12.3. The molecule has 0 bridgehead atoms. The molecule has 1 fully saturated rings. The first-order valence-electron chi connectivity index (χ1n) is 7.26. The number of ether oxygens (including phenoxy) is 1. The fourth-order valence-electron chi connectivity index (χ4n) is 2.71. The molecule has 6 heteroatoms. The number of fused-ring (bicyclic) bond motifs is 1. The van der Waals surface area contributed by atoms with Gasteiger partial charge in [-0.1, -0.05) is 0 Å². The van der Waals surface area contributed by atoms with Crippen molar-refractivity contribution in [1.29, 1.82) is 0 Å². The Labute approximate surface area is 118 Å². The average Bonchev–Trinajstić information content (AvgIpc) is 3.04. The molecule has 108 valence electrons. The summed E-state index contributed by atoms with van der Waals surface area (Å²) in [5, 5.41) is 7.95. The third-order valence-electron chi connectivity index (χ3n) is 3.69. The van der Waals surface area contributed by atoms with Crippen LogP contribution >= 0.6 is 0 Å². The zero-order valence-electron chi connectivity index (χ0n) is 12.3. The normalized spacial score (nSPS) is 18.9. The molecule has 1 aliphatic heterocycles. The van der Waals surface area contributed by atoms with Gasteiger partial charge in [-0.05, 0) is 33.6 Å². The van der Waals surface area contributed by atoms with Crippen molar-refractivity contribution >= 4 is 16.9 Å². The van der Waals surface area contributed by atoms with Crippen LogP contribution in [-0.4, -0.2) is 39.0 Å². The summed E-state index contributed by atoms with van der Waals surface area (Å²) in [5.74, 6) is 1.64. The Morgan fingerprint density at radius 3 is 2.90 bits per heavy atom. The minimum Gasteiger partial charge on any atom is -0.376 e. The van der Waals surface area contributed by atoms with Gasteiger partial charge in [-0.25, -0.2) is 9.97 Å². The predicted octanol–water partition coefficient (Wildman–Crippen LogP) is 2.05. The topological polar surface area (TPSA) is 64.9 Å². The van der Waals surface area contributed by atoms with Crippen LogP contribution < -0.4 is 5.32 Å². The van der Waals surface area contributed by atoms with Crippen LogP contribution in [0.3, 0.4) is 0 Å². The Bertz CT molecular complexity index is 616. The summed E-state index contributed by atoms with van der Waals surface area (Å²) < 4.78 is 7.61. The van der Waals surface area contributed by atoms with Crippen molar-refractivity contribution in [3.63, 3.8) is 0 Å². The van der Waals surface area contributed by atoms with Crippen molar-refractivity contribution in [3.05, 3.63) is 11.5 Å². The van der Waals surface area contributed by atoms with Crippen molar-refractivity contribution < 1.29 is 4.74 Å². The van der Waals surface area contributed by atoms with Crippen molar-refractivity contribution in [2.24, 2.45) is 0 Å². The molecule has 2 aromatic rings. The molecule has 1 aliphatic rings. The molecular weight excluding hydrogens is 254 g/mol. The van der Waals surface area contributed by atoms with Crippen LogP contribution in [0.1, 0.15) is 31.3 Å². The van der Waals surface area contributed by atoms with Crippen molar-refractivity contribution in [2.75, 3.05) is 18.5 Å². The lowest BCUT2D eigenvalue weighted by molar-refractivity contribution is 0.120. The zero-order chi connectivity index (χ0) is 14.1. The summed E-state index contributed by atoms with van der Waals surface area (Å²) in [6, 6.07) is 0. The number of aryl methyl sites for hydroxylation is 3. The highest BCUT2D eigenvalue weighted by Crippen LogP contribution is 2.23. The minimum absolute atomic E-state index is 0.291. The van der Waals surface area contributed by atoms with Crippen LogP contribution in [0.15, 0.2) is 0 Å². The monoisotopic (exact) mass is 275 g/mol. The van der Waals surface area contributed by atoms with E-state index in [0.717, 1.165) is 60.9 Å². The van der Waals surface area contributed by atoms with Gasteiger partial charge in [0.2, 0.25) is 0 Å². The lowest BCUT2D eigenvalue weighted by Gasteiger charge is -2.13. The number of hydrogen-bond donors (Lipinski definition) is 1. The van der Waals surface area contributed by atoms with Crippen LogP contribution in [0.2, 0.25) is 0 Å². The third kappa shape index (κ3) is 2.35. The first kappa shape index (κ1) is 13.3. The number of nitrogens with one attached hydrogen (secondary N) is 1. The van der Waals surface area contributed by atoms with E-state index in [2.05, 4.69) is 27.3 Å². The third-order valence-corrected chi connectivity index (χ3v) is 3.69. The molecule has 3 heterocycles. The second-order valence-corrected chi connectivity index (χ2v) is 5.23. The number of rotatable bonds is 4. The first-order valence-corrected chi connectivity index (χ1v) is 7.26. The summed E-state index contributed by atoms with van der Waals surface area (Å²) in [6.45, 7) is 8.46. The molecule has 0 amide bonds. The quantitative estimate of drug-likeness (QED) is 0.925. The smallest absolute Gasteiger partial charge is 0.156 e. The van der Waals surface area contributed by atoms with Crippen LogP contribution in [0, 0.1) is 13.8 Å². The molecular formula is C14H21N5O. The second-order valence-electron chi connectivity index (χ2n) is 5.23. The van der Waals surface area contributed by atoms with Crippen molar-refractivity contribution in [3.8, 4) is 0 Å². The average molecular weight is 275 g/mol. The Hall–Kier alpha value is -1.69. The SMILES string of the molecule is CCn1nc(C)c2nc(C)nc(NC[C@@H]3CCCO3)c21. The lowest BCUT2D eigenvalue weighted by Crippen LogP contribution is -2.19. The molecule has 0 radical (unpaired) electrons. The first-order chi connectivity index (χ1) is 9.69. The van der Waals surface area contributed by atoms with Crippen LogP contribution in [0.4, 0.5) is 5.82 Å². The Morgan fingerprint density at radius 1 is 1.35 bits per heavy atom. The molecule has 0 aliphatic carbocycles. The van der Waals surface area contributed by atoms with Gasteiger partial charge in [0.15, 0.2) is 5.82 Å².